The van der Waals surface area contributed by atoms with Gasteiger partial charge in [0.2, 0.25) is 0 Å². The van der Waals surface area contributed by atoms with Crippen LogP contribution in [0.15, 0.2) is 11.3 Å². The quantitative estimate of drug-likeness (QED) is 0.476. The zero-order valence-electron chi connectivity index (χ0n) is 10.7. The van der Waals surface area contributed by atoms with Gasteiger partial charge in [0, 0.05) is 11.0 Å². The molecule has 0 aromatic heterocycles. The lowest BCUT2D eigenvalue weighted by atomic mass is 9.75. The molecule has 0 rings (SSSR count). The maximum Gasteiger partial charge on any atom is 0.304 e. The SMILES string of the molecule is CCCCCCC(CC)(CC(=O)O)C(O)=CCl. The lowest BCUT2D eigenvalue weighted by Gasteiger charge is -2.30. The van der Waals surface area contributed by atoms with Crippen molar-refractivity contribution in [3.05, 3.63) is 11.3 Å². The molecule has 17 heavy (non-hydrogen) atoms. The van der Waals surface area contributed by atoms with E-state index in [1.807, 2.05) is 6.92 Å². The Bertz CT molecular complexity index is 263. The van der Waals surface area contributed by atoms with Crippen LogP contribution in [0.1, 0.15) is 58.8 Å². The number of rotatable bonds is 9. The molecular formula is C13H23ClO3. The Morgan fingerprint density at radius 3 is 2.29 bits per heavy atom. The molecule has 0 amide bonds. The molecule has 4 heteroatoms. The average Bonchev–Trinajstić information content (AvgIpc) is 2.31. The van der Waals surface area contributed by atoms with Gasteiger partial charge in [0.05, 0.1) is 6.42 Å². The third-order valence-electron chi connectivity index (χ3n) is 3.32. The van der Waals surface area contributed by atoms with E-state index in [1.54, 1.807) is 0 Å². The van der Waals surface area contributed by atoms with Crippen molar-refractivity contribution in [2.45, 2.75) is 58.8 Å². The van der Waals surface area contributed by atoms with E-state index in [2.05, 4.69) is 6.92 Å². The summed E-state index contributed by atoms with van der Waals surface area (Å²) < 4.78 is 0. The van der Waals surface area contributed by atoms with E-state index in [-0.39, 0.29) is 12.2 Å². The van der Waals surface area contributed by atoms with Crippen molar-refractivity contribution in [1.82, 2.24) is 0 Å². The fourth-order valence-electron chi connectivity index (χ4n) is 2.09. The van der Waals surface area contributed by atoms with Crippen LogP contribution in [-0.4, -0.2) is 16.2 Å². The van der Waals surface area contributed by atoms with Crippen LogP contribution in [0, 0.1) is 5.41 Å². The number of carboxylic acid groups (broad SMARTS) is 1. The molecule has 0 spiro atoms. The van der Waals surface area contributed by atoms with Crippen LogP contribution >= 0.6 is 11.6 Å². The van der Waals surface area contributed by atoms with Crippen molar-refractivity contribution in [3.63, 3.8) is 0 Å². The van der Waals surface area contributed by atoms with Gasteiger partial charge in [0.15, 0.2) is 0 Å². The second-order valence-corrected chi connectivity index (χ2v) is 4.73. The Hall–Kier alpha value is -0.700. The molecule has 0 heterocycles. The van der Waals surface area contributed by atoms with E-state index >= 15 is 0 Å². The fourth-order valence-corrected chi connectivity index (χ4v) is 2.32. The van der Waals surface area contributed by atoms with Crippen molar-refractivity contribution >= 4 is 17.6 Å². The van der Waals surface area contributed by atoms with E-state index in [0.29, 0.717) is 12.8 Å². The zero-order chi connectivity index (χ0) is 13.3. The summed E-state index contributed by atoms with van der Waals surface area (Å²) in [5.41, 5.74) is 0.410. The van der Waals surface area contributed by atoms with Gasteiger partial charge in [-0.3, -0.25) is 4.79 Å². The summed E-state index contributed by atoms with van der Waals surface area (Å²) in [5.74, 6) is -0.895. The summed E-state index contributed by atoms with van der Waals surface area (Å²) in [4.78, 5) is 10.9. The van der Waals surface area contributed by atoms with Crippen LogP contribution in [-0.2, 0) is 4.79 Å². The van der Waals surface area contributed by atoms with Gasteiger partial charge in [-0.25, -0.2) is 0 Å². The molecule has 0 aromatic rings. The van der Waals surface area contributed by atoms with Crippen LogP contribution in [0.4, 0.5) is 0 Å². The van der Waals surface area contributed by atoms with Crippen LogP contribution < -0.4 is 0 Å². The number of unbranched alkanes of at least 4 members (excludes halogenated alkanes) is 3. The van der Waals surface area contributed by atoms with Crippen molar-refractivity contribution in [1.29, 1.82) is 0 Å². The van der Waals surface area contributed by atoms with E-state index in [1.165, 1.54) is 0 Å². The highest BCUT2D eigenvalue weighted by Gasteiger charge is 2.34. The molecule has 3 nitrogen and oxygen atoms in total. The van der Waals surface area contributed by atoms with Gasteiger partial charge < -0.3 is 10.2 Å². The minimum absolute atomic E-state index is 0.000523. The average molecular weight is 263 g/mol. The van der Waals surface area contributed by atoms with Gasteiger partial charge in [0.1, 0.15) is 5.76 Å². The first kappa shape index (κ1) is 16.3. The summed E-state index contributed by atoms with van der Waals surface area (Å²) >= 11 is 5.53. The largest absolute Gasteiger partial charge is 0.511 e. The Morgan fingerprint density at radius 2 is 1.88 bits per heavy atom. The van der Waals surface area contributed by atoms with Gasteiger partial charge in [-0.15, -0.1) is 0 Å². The van der Waals surface area contributed by atoms with Crippen LogP contribution in [0.25, 0.3) is 0 Å². The summed E-state index contributed by atoms with van der Waals surface area (Å²) in [5, 5.41) is 18.8. The molecular weight excluding hydrogens is 240 g/mol. The number of carboxylic acids is 1. The molecule has 0 aliphatic carbocycles. The number of carbonyl (C=O) groups is 1. The summed E-state index contributed by atoms with van der Waals surface area (Å²) in [7, 11) is 0. The first-order valence-corrected chi connectivity index (χ1v) is 6.67. The number of halogens is 1. The highest BCUT2D eigenvalue weighted by atomic mass is 35.5. The van der Waals surface area contributed by atoms with Crippen LogP contribution in [0.2, 0.25) is 0 Å². The van der Waals surface area contributed by atoms with Crippen molar-refractivity contribution in [2.75, 3.05) is 0 Å². The predicted molar refractivity (Wildman–Crippen MR) is 70.3 cm³/mol. The zero-order valence-corrected chi connectivity index (χ0v) is 11.5. The molecule has 0 aromatic carbocycles. The van der Waals surface area contributed by atoms with Gasteiger partial charge in [-0.05, 0) is 12.8 Å². The van der Waals surface area contributed by atoms with Gasteiger partial charge in [-0.2, -0.15) is 0 Å². The van der Waals surface area contributed by atoms with Crippen LogP contribution in [0.5, 0.6) is 0 Å². The predicted octanol–water partition coefficient (Wildman–Crippen LogP) is 4.47. The monoisotopic (exact) mass is 262 g/mol. The highest BCUT2D eigenvalue weighted by molar-refractivity contribution is 6.25. The second-order valence-electron chi connectivity index (χ2n) is 4.51. The topological polar surface area (TPSA) is 57.5 Å². The summed E-state index contributed by atoms with van der Waals surface area (Å²) in [6.45, 7) is 4.01. The lowest BCUT2D eigenvalue weighted by Crippen LogP contribution is -2.26. The van der Waals surface area contributed by atoms with Gasteiger partial charge in [0.25, 0.3) is 0 Å². The van der Waals surface area contributed by atoms with E-state index in [9.17, 15) is 9.90 Å². The van der Waals surface area contributed by atoms with Crippen molar-refractivity contribution < 1.29 is 15.0 Å². The summed E-state index contributed by atoms with van der Waals surface area (Å²) in [6.07, 6.45) is 5.45. The lowest BCUT2D eigenvalue weighted by molar-refractivity contribution is -0.139. The standard InChI is InChI=1S/C13H23ClO3/c1-3-5-6-7-8-13(4-2,9-12(16)17)11(15)10-14/h10,15H,3-9H2,1-2H3,(H,16,17). The number of aliphatic hydroxyl groups is 1. The number of aliphatic hydroxyl groups excluding tert-OH is 1. The molecule has 100 valence electrons. The van der Waals surface area contributed by atoms with Gasteiger partial charge >= 0.3 is 5.97 Å². The molecule has 0 fully saturated rings. The molecule has 1 unspecified atom stereocenters. The van der Waals surface area contributed by atoms with E-state index < -0.39 is 11.4 Å². The molecule has 0 radical (unpaired) electrons. The van der Waals surface area contributed by atoms with Crippen LogP contribution in [0.3, 0.4) is 0 Å². The van der Waals surface area contributed by atoms with Gasteiger partial charge in [-0.1, -0.05) is 51.1 Å². The maximum atomic E-state index is 10.9. The molecule has 1 atom stereocenters. The van der Waals surface area contributed by atoms with Crippen molar-refractivity contribution in [3.8, 4) is 0 Å². The fraction of sp³-hybridized carbons (Fsp3) is 0.769. The molecule has 0 aliphatic heterocycles. The molecule has 0 bridgehead atoms. The second kappa shape index (κ2) is 8.40. The highest BCUT2D eigenvalue weighted by Crippen LogP contribution is 2.39. The minimum Gasteiger partial charge on any atom is -0.511 e. The first-order chi connectivity index (χ1) is 8.02. The minimum atomic E-state index is -0.896. The normalized spacial score (nSPS) is 15.6. The molecule has 0 saturated heterocycles. The molecule has 0 aliphatic rings. The first-order valence-electron chi connectivity index (χ1n) is 6.24. The Morgan fingerprint density at radius 1 is 1.24 bits per heavy atom. The van der Waals surface area contributed by atoms with E-state index in [0.717, 1.165) is 31.2 Å². The maximum absolute atomic E-state index is 10.9. The Balaban J connectivity index is 4.62. The summed E-state index contributed by atoms with van der Waals surface area (Å²) in [6, 6.07) is 0. The number of hydrogen-bond donors (Lipinski definition) is 2. The molecule has 2 N–H and O–H groups in total. The number of allylic oxidation sites excluding steroid dienone is 1. The third kappa shape index (κ3) is 5.44. The Kier molecular flexibility index (Phi) is 8.05. The third-order valence-corrected chi connectivity index (χ3v) is 3.53. The number of hydrogen-bond acceptors (Lipinski definition) is 2. The van der Waals surface area contributed by atoms with Crippen molar-refractivity contribution in [2.24, 2.45) is 5.41 Å². The number of aliphatic carboxylic acids is 1. The smallest absolute Gasteiger partial charge is 0.304 e. The van der Waals surface area contributed by atoms with E-state index in [4.69, 9.17) is 16.7 Å². The Labute approximate surface area is 108 Å². The molecule has 0 saturated carbocycles.